The van der Waals surface area contributed by atoms with Gasteiger partial charge in [-0.15, -0.1) is 13.2 Å². The zero-order valence-electron chi connectivity index (χ0n) is 17.5. The molecule has 1 aromatic heterocycles. The summed E-state index contributed by atoms with van der Waals surface area (Å²) >= 11 is 0. The molecule has 4 nitrogen and oxygen atoms in total. The van der Waals surface area contributed by atoms with Gasteiger partial charge >= 0.3 is 6.30 Å². The van der Waals surface area contributed by atoms with Gasteiger partial charge in [-0.1, -0.05) is 54.6 Å². The van der Waals surface area contributed by atoms with Gasteiger partial charge in [-0.3, -0.25) is 4.79 Å². The number of nitrogens with zero attached hydrogens (tertiary/aromatic N) is 3. The smallest absolute Gasteiger partial charge is 0.378 e. The summed E-state index contributed by atoms with van der Waals surface area (Å²) in [5.41, 5.74) is 1.72. The van der Waals surface area contributed by atoms with E-state index in [1.807, 2.05) is 31.1 Å². The van der Waals surface area contributed by atoms with E-state index in [1.165, 1.54) is 24.3 Å². The van der Waals surface area contributed by atoms with E-state index in [9.17, 15) is 18.0 Å². The molecule has 4 rings (SSSR count). The molecule has 4 aromatic rings. The molecule has 0 radical (unpaired) electrons. The van der Waals surface area contributed by atoms with Crippen molar-refractivity contribution in [3.8, 4) is 0 Å². The maximum Gasteiger partial charge on any atom is 0.490 e. The predicted molar refractivity (Wildman–Crippen MR) is 120 cm³/mol. The van der Waals surface area contributed by atoms with Gasteiger partial charge in [-0.2, -0.15) is 0 Å². The molecule has 0 N–H and O–H groups in total. The van der Waals surface area contributed by atoms with Crippen molar-refractivity contribution in [3.63, 3.8) is 0 Å². The summed E-state index contributed by atoms with van der Waals surface area (Å²) in [7, 11) is 3.78. The highest BCUT2D eigenvalue weighted by molar-refractivity contribution is 6.32. The minimum atomic E-state index is -4.75. The summed E-state index contributed by atoms with van der Waals surface area (Å²) in [6.45, 7) is 0. The lowest BCUT2D eigenvalue weighted by Gasteiger charge is -2.15. The SMILES string of the molecule is CN(C)c1ccc(/C=C(\C(=O)c2ccccc2)c2nc3ccccc3n2C(F)(F)F)cc1. The summed E-state index contributed by atoms with van der Waals surface area (Å²) in [5, 5.41) is 0. The Morgan fingerprint density at radius 2 is 1.53 bits per heavy atom. The molecule has 0 aliphatic carbocycles. The molecule has 0 fully saturated rings. The van der Waals surface area contributed by atoms with Crippen molar-refractivity contribution in [2.75, 3.05) is 19.0 Å². The number of imidazole rings is 1. The summed E-state index contributed by atoms with van der Waals surface area (Å²) < 4.78 is 42.5. The Morgan fingerprint density at radius 3 is 2.16 bits per heavy atom. The number of ketones is 1. The maximum atomic E-state index is 14.1. The average molecular weight is 435 g/mol. The lowest BCUT2D eigenvalue weighted by atomic mass is 10.00. The molecule has 0 saturated carbocycles. The van der Waals surface area contributed by atoms with E-state index in [0.717, 1.165) is 5.69 Å². The molecule has 0 bridgehead atoms. The van der Waals surface area contributed by atoms with E-state index >= 15 is 0 Å². The molecule has 0 spiro atoms. The first-order valence-electron chi connectivity index (χ1n) is 9.89. The Bertz CT molecular complexity index is 1290. The predicted octanol–water partition coefficient (Wildman–Crippen LogP) is 6.00. The van der Waals surface area contributed by atoms with Crippen molar-refractivity contribution in [2.24, 2.45) is 0 Å². The number of hydrogen-bond acceptors (Lipinski definition) is 3. The van der Waals surface area contributed by atoms with Gasteiger partial charge in [0.2, 0.25) is 0 Å². The standard InChI is InChI=1S/C25H20F3N3O/c1-30(2)19-14-12-17(13-15-19)16-20(23(32)18-8-4-3-5-9-18)24-29-21-10-6-7-11-22(21)31(24)25(26,27)28/h3-16H,1-2H3/b20-16+. The number of alkyl halides is 3. The van der Waals surface area contributed by atoms with E-state index in [0.29, 0.717) is 5.56 Å². The topological polar surface area (TPSA) is 38.1 Å². The van der Waals surface area contributed by atoms with Gasteiger partial charge in [0.1, 0.15) is 0 Å². The van der Waals surface area contributed by atoms with E-state index < -0.39 is 17.9 Å². The molecule has 32 heavy (non-hydrogen) atoms. The Morgan fingerprint density at radius 1 is 0.906 bits per heavy atom. The number of aromatic nitrogens is 2. The molecule has 0 atom stereocenters. The highest BCUT2D eigenvalue weighted by Gasteiger charge is 2.37. The van der Waals surface area contributed by atoms with Gasteiger partial charge in [0.25, 0.3) is 0 Å². The van der Waals surface area contributed by atoms with Crippen molar-refractivity contribution >= 4 is 34.2 Å². The number of anilines is 1. The second-order valence-corrected chi connectivity index (χ2v) is 7.47. The fraction of sp³-hybridized carbons (Fsp3) is 0.120. The molecule has 7 heteroatoms. The first-order valence-corrected chi connectivity index (χ1v) is 9.89. The first-order chi connectivity index (χ1) is 15.3. The summed E-state index contributed by atoms with van der Waals surface area (Å²) in [4.78, 5) is 19.5. The van der Waals surface area contributed by atoms with E-state index in [-0.39, 0.29) is 26.7 Å². The Hall–Kier alpha value is -3.87. The van der Waals surface area contributed by atoms with Gasteiger partial charge in [0.05, 0.1) is 16.6 Å². The van der Waals surface area contributed by atoms with Crippen LogP contribution in [-0.4, -0.2) is 29.4 Å². The van der Waals surface area contributed by atoms with Gasteiger partial charge in [-0.25, -0.2) is 9.55 Å². The van der Waals surface area contributed by atoms with Crippen LogP contribution in [0.2, 0.25) is 0 Å². The van der Waals surface area contributed by atoms with Gasteiger partial charge in [0.15, 0.2) is 11.6 Å². The highest BCUT2D eigenvalue weighted by Crippen LogP contribution is 2.34. The van der Waals surface area contributed by atoms with Crippen LogP contribution in [0.25, 0.3) is 22.7 Å². The summed E-state index contributed by atoms with van der Waals surface area (Å²) in [5.74, 6) is -0.979. The number of carbonyl (C=O) groups excluding carboxylic acids is 1. The van der Waals surface area contributed by atoms with Crippen molar-refractivity contribution < 1.29 is 18.0 Å². The third-order valence-electron chi connectivity index (χ3n) is 5.06. The number of allylic oxidation sites excluding steroid dienone is 1. The monoisotopic (exact) mass is 435 g/mol. The number of halogens is 3. The van der Waals surface area contributed by atoms with Gasteiger partial charge < -0.3 is 4.90 Å². The number of para-hydroxylation sites is 2. The number of hydrogen-bond donors (Lipinski definition) is 0. The molecule has 0 unspecified atom stereocenters. The van der Waals surface area contributed by atoms with E-state index in [4.69, 9.17) is 0 Å². The zero-order valence-corrected chi connectivity index (χ0v) is 17.5. The van der Waals surface area contributed by atoms with Crippen molar-refractivity contribution in [2.45, 2.75) is 6.30 Å². The van der Waals surface area contributed by atoms with Crippen LogP contribution < -0.4 is 4.90 Å². The minimum Gasteiger partial charge on any atom is -0.378 e. The zero-order chi connectivity index (χ0) is 22.9. The third-order valence-corrected chi connectivity index (χ3v) is 5.06. The van der Waals surface area contributed by atoms with Crippen LogP contribution in [0.15, 0.2) is 78.9 Å². The molecule has 0 aliphatic heterocycles. The Labute approximate surface area is 183 Å². The lowest BCUT2D eigenvalue weighted by molar-refractivity contribution is -0.201. The van der Waals surface area contributed by atoms with Crippen LogP contribution in [0.1, 0.15) is 21.7 Å². The van der Waals surface area contributed by atoms with Crippen molar-refractivity contribution in [1.29, 1.82) is 0 Å². The lowest BCUT2D eigenvalue weighted by Crippen LogP contribution is -2.21. The first kappa shape index (κ1) is 21.4. The van der Waals surface area contributed by atoms with Gasteiger partial charge in [-0.05, 0) is 35.9 Å². The van der Waals surface area contributed by atoms with Crippen LogP contribution in [0, 0.1) is 0 Å². The summed E-state index contributed by atoms with van der Waals surface area (Å²) in [6, 6.07) is 21.4. The normalized spacial score (nSPS) is 12.2. The van der Waals surface area contributed by atoms with Crippen LogP contribution in [-0.2, 0) is 6.30 Å². The molecular formula is C25H20F3N3O. The fourth-order valence-corrected chi connectivity index (χ4v) is 3.48. The molecule has 0 amide bonds. The molecule has 0 aliphatic rings. The minimum absolute atomic E-state index is 0.107. The fourth-order valence-electron chi connectivity index (χ4n) is 3.48. The number of rotatable bonds is 5. The number of fused-ring (bicyclic) bond motifs is 1. The van der Waals surface area contributed by atoms with Crippen LogP contribution in [0.3, 0.4) is 0 Å². The molecule has 0 saturated heterocycles. The highest BCUT2D eigenvalue weighted by atomic mass is 19.4. The number of carbonyl (C=O) groups is 1. The number of benzene rings is 3. The molecule has 3 aromatic carbocycles. The molecule has 1 heterocycles. The van der Waals surface area contributed by atoms with Crippen LogP contribution in [0.4, 0.5) is 18.9 Å². The van der Waals surface area contributed by atoms with Crippen molar-refractivity contribution in [1.82, 2.24) is 9.55 Å². The largest absolute Gasteiger partial charge is 0.490 e. The van der Waals surface area contributed by atoms with E-state index in [1.54, 1.807) is 48.5 Å². The quantitative estimate of drug-likeness (QED) is 0.285. The van der Waals surface area contributed by atoms with Crippen molar-refractivity contribution in [3.05, 3.63) is 95.8 Å². The Balaban J connectivity index is 1.96. The number of Topliss-reactive ketones (excluding diaryl/α,β-unsaturated/α-hetero) is 1. The second kappa shape index (κ2) is 8.34. The molecular weight excluding hydrogens is 415 g/mol. The second-order valence-electron chi connectivity index (χ2n) is 7.47. The van der Waals surface area contributed by atoms with Crippen LogP contribution >= 0.6 is 0 Å². The third kappa shape index (κ3) is 4.14. The Kier molecular flexibility index (Phi) is 5.57. The average Bonchev–Trinajstić information content (AvgIpc) is 3.17. The molecule has 162 valence electrons. The van der Waals surface area contributed by atoms with Crippen LogP contribution in [0.5, 0.6) is 0 Å². The summed E-state index contributed by atoms with van der Waals surface area (Å²) in [6.07, 6.45) is -3.30. The van der Waals surface area contributed by atoms with Gasteiger partial charge in [0, 0.05) is 25.3 Å². The maximum absolute atomic E-state index is 14.1. The van der Waals surface area contributed by atoms with E-state index in [2.05, 4.69) is 4.98 Å².